The molecule has 2 aromatic carbocycles. The molecular weight excluding hydrogens is 518 g/mol. The summed E-state index contributed by atoms with van der Waals surface area (Å²) in [6, 6.07) is 19.6. The van der Waals surface area contributed by atoms with Crippen molar-refractivity contribution in [3.8, 4) is 34.2 Å². The van der Waals surface area contributed by atoms with Gasteiger partial charge in [-0.3, -0.25) is 14.4 Å². The molecule has 2 aromatic heterocycles. The number of hydrogen-bond acceptors (Lipinski definition) is 6. The molecule has 5 rings (SSSR count). The first-order valence-electron chi connectivity index (χ1n) is 13.2. The molecule has 41 heavy (non-hydrogen) atoms. The second-order valence-electron chi connectivity index (χ2n) is 9.61. The summed E-state index contributed by atoms with van der Waals surface area (Å²) in [5.74, 6) is 10.9. The standard InChI is InChI=1S/C31H29N7O3/c1-2-8-26(39)37-18-7-6-11-24(37)30-36-27(28(29(32)40)38(30)33)21-12-14-22(15-13-21)31(41)35-25-19-23(16-17-34-25)20-9-4-3-5-10-20/h3-5,9-10,12-17,19,24H,6-7,11,18,33H2,1H3,(H2,32,40)(H,34,35,41)/t24-/m0/s1. The molecule has 0 spiro atoms. The number of carbonyl (C=O) groups is 3. The summed E-state index contributed by atoms with van der Waals surface area (Å²) in [4.78, 5) is 48.7. The summed E-state index contributed by atoms with van der Waals surface area (Å²) in [5, 5.41) is 2.83. The van der Waals surface area contributed by atoms with Gasteiger partial charge in [-0.25, -0.2) is 14.6 Å². The number of nitrogen functional groups attached to an aromatic ring is 1. The Morgan fingerprint density at radius 3 is 2.44 bits per heavy atom. The molecule has 5 N–H and O–H groups in total. The number of hydrogen-bond donors (Lipinski definition) is 3. The number of imidazole rings is 1. The molecule has 1 atom stereocenters. The van der Waals surface area contributed by atoms with E-state index in [9.17, 15) is 14.4 Å². The monoisotopic (exact) mass is 547 g/mol. The number of aromatic nitrogens is 3. The summed E-state index contributed by atoms with van der Waals surface area (Å²) in [6.45, 7) is 2.12. The Morgan fingerprint density at radius 2 is 1.73 bits per heavy atom. The smallest absolute Gasteiger partial charge is 0.299 e. The Hall–Kier alpha value is -5.43. The van der Waals surface area contributed by atoms with Crippen LogP contribution < -0.4 is 16.9 Å². The number of carbonyl (C=O) groups excluding carboxylic acids is 3. The molecule has 3 heterocycles. The van der Waals surface area contributed by atoms with Crippen LogP contribution in [0.4, 0.5) is 5.82 Å². The first kappa shape index (κ1) is 27.1. The zero-order chi connectivity index (χ0) is 28.9. The van der Waals surface area contributed by atoms with Crippen molar-refractivity contribution in [1.29, 1.82) is 0 Å². The number of benzene rings is 2. The molecule has 0 radical (unpaired) electrons. The second-order valence-corrected chi connectivity index (χ2v) is 9.61. The van der Waals surface area contributed by atoms with Gasteiger partial charge in [0.2, 0.25) is 0 Å². The number of pyridine rings is 1. The number of primary amides is 1. The molecule has 1 fully saturated rings. The lowest BCUT2D eigenvalue weighted by Gasteiger charge is -2.33. The van der Waals surface area contributed by atoms with Gasteiger partial charge in [-0.2, -0.15) is 0 Å². The molecule has 3 amide bonds. The van der Waals surface area contributed by atoms with Crippen LogP contribution in [0.3, 0.4) is 0 Å². The van der Waals surface area contributed by atoms with Crippen molar-refractivity contribution in [2.75, 3.05) is 17.7 Å². The third-order valence-electron chi connectivity index (χ3n) is 6.99. The Kier molecular flexibility index (Phi) is 7.78. The van der Waals surface area contributed by atoms with E-state index in [1.807, 2.05) is 42.5 Å². The first-order valence-corrected chi connectivity index (χ1v) is 13.2. The van der Waals surface area contributed by atoms with E-state index in [2.05, 4.69) is 27.1 Å². The van der Waals surface area contributed by atoms with Gasteiger partial charge < -0.3 is 21.8 Å². The molecule has 0 unspecified atom stereocenters. The first-order chi connectivity index (χ1) is 19.9. The van der Waals surface area contributed by atoms with Gasteiger partial charge >= 0.3 is 0 Å². The number of nitrogens with one attached hydrogen (secondary N) is 1. The predicted octanol–water partition coefficient (Wildman–Crippen LogP) is 3.75. The van der Waals surface area contributed by atoms with Crippen molar-refractivity contribution in [3.63, 3.8) is 0 Å². The van der Waals surface area contributed by atoms with Crippen molar-refractivity contribution >= 4 is 23.5 Å². The van der Waals surface area contributed by atoms with Gasteiger partial charge in [0.25, 0.3) is 17.7 Å². The van der Waals surface area contributed by atoms with Gasteiger partial charge in [0.1, 0.15) is 11.5 Å². The summed E-state index contributed by atoms with van der Waals surface area (Å²) < 4.78 is 1.17. The van der Waals surface area contributed by atoms with Crippen LogP contribution in [0.25, 0.3) is 22.4 Å². The van der Waals surface area contributed by atoms with Crippen molar-refractivity contribution in [1.82, 2.24) is 19.5 Å². The quantitative estimate of drug-likeness (QED) is 0.247. The highest BCUT2D eigenvalue weighted by molar-refractivity contribution is 6.04. The fourth-order valence-electron chi connectivity index (χ4n) is 5.02. The summed E-state index contributed by atoms with van der Waals surface area (Å²) >= 11 is 0. The van der Waals surface area contributed by atoms with Crippen LogP contribution >= 0.6 is 0 Å². The van der Waals surface area contributed by atoms with E-state index < -0.39 is 11.9 Å². The minimum atomic E-state index is -0.755. The number of nitrogens with zero attached hydrogens (tertiary/aromatic N) is 4. The summed E-state index contributed by atoms with van der Waals surface area (Å²) in [7, 11) is 0. The van der Waals surface area contributed by atoms with Gasteiger partial charge in [0.15, 0.2) is 11.5 Å². The Morgan fingerprint density at radius 1 is 0.976 bits per heavy atom. The zero-order valence-electron chi connectivity index (χ0n) is 22.5. The molecule has 1 aliphatic rings. The normalized spacial score (nSPS) is 14.6. The molecule has 206 valence electrons. The fourth-order valence-corrected chi connectivity index (χ4v) is 5.02. The predicted molar refractivity (Wildman–Crippen MR) is 156 cm³/mol. The molecule has 4 aromatic rings. The molecule has 1 saturated heterocycles. The molecular formula is C31H29N7O3. The maximum Gasteiger partial charge on any atom is 0.299 e. The average Bonchev–Trinajstić information content (AvgIpc) is 3.35. The SMILES string of the molecule is CC#CC(=O)N1CCCC[C@H]1c1nc(-c2ccc(C(=O)Nc3cc(-c4ccccc4)ccn3)cc2)c(C(N)=O)n1N. The zero-order valence-corrected chi connectivity index (χ0v) is 22.5. The van der Waals surface area contributed by atoms with Crippen molar-refractivity contribution in [2.45, 2.75) is 32.2 Å². The van der Waals surface area contributed by atoms with Crippen molar-refractivity contribution < 1.29 is 14.4 Å². The Labute approximate surface area is 237 Å². The number of likely N-dealkylation sites (tertiary alicyclic amines) is 1. The van der Waals surface area contributed by atoms with Crippen LogP contribution in [0.5, 0.6) is 0 Å². The van der Waals surface area contributed by atoms with Crippen LogP contribution in [0.2, 0.25) is 0 Å². The van der Waals surface area contributed by atoms with E-state index in [0.29, 0.717) is 35.7 Å². The van der Waals surface area contributed by atoms with Gasteiger partial charge in [-0.15, -0.1) is 0 Å². The third-order valence-corrected chi connectivity index (χ3v) is 6.99. The highest BCUT2D eigenvalue weighted by atomic mass is 16.2. The van der Waals surface area contributed by atoms with Gasteiger partial charge in [0, 0.05) is 23.9 Å². The van der Waals surface area contributed by atoms with Crippen LogP contribution in [0.15, 0.2) is 72.9 Å². The number of rotatable bonds is 6. The van der Waals surface area contributed by atoms with Gasteiger partial charge in [-0.1, -0.05) is 48.4 Å². The lowest BCUT2D eigenvalue weighted by molar-refractivity contribution is -0.129. The molecule has 10 nitrogen and oxygen atoms in total. The van der Waals surface area contributed by atoms with Crippen LogP contribution in [0, 0.1) is 11.8 Å². The maximum atomic E-state index is 13.0. The van der Waals surface area contributed by atoms with E-state index >= 15 is 0 Å². The highest BCUT2D eigenvalue weighted by Gasteiger charge is 2.33. The topological polar surface area (TPSA) is 149 Å². The van der Waals surface area contributed by atoms with E-state index in [1.165, 1.54) is 4.68 Å². The Balaban J connectivity index is 1.40. The highest BCUT2D eigenvalue weighted by Crippen LogP contribution is 2.33. The lowest BCUT2D eigenvalue weighted by Crippen LogP contribution is -2.40. The van der Waals surface area contributed by atoms with Gasteiger partial charge in [-0.05, 0) is 67.5 Å². The van der Waals surface area contributed by atoms with E-state index in [1.54, 1.807) is 42.3 Å². The fraction of sp³-hybridized carbons (Fsp3) is 0.194. The van der Waals surface area contributed by atoms with E-state index in [0.717, 1.165) is 24.0 Å². The molecule has 0 aliphatic carbocycles. The van der Waals surface area contributed by atoms with Crippen LogP contribution in [-0.4, -0.2) is 43.8 Å². The second kappa shape index (κ2) is 11.8. The lowest BCUT2D eigenvalue weighted by atomic mass is 10.0. The van der Waals surface area contributed by atoms with Crippen molar-refractivity contribution in [2.24, 2.45) is 5.73 Å². The molecule has 10 heteroatoms. The Bertz CT molecular complexity index is 1670. The van der Waals surface area contributed by atoms with Gasteiger partial charge in [0.05, 0.1) is 6.04 Å². The minimum Gasteiger partial charge on any atom is -0.364 e. The molecule has 0 saturated carbocycles. The summed E-state index contributed by atoms with van der Waals surface area (Å²) in [5.41, 5.74) is 8.87. The third kappa shape index (κ3) is 5.65. The molecule has 0 bridgehead atoms. The van der Waals surface area contributed by atoms with E-state index in [4.69, 9.17) is 11.6 Å². The number of nitrogens with two attached hydrogens (primary N) is 2. The minimum absolute atomic E-state index is 0.0127. The van der Waals surface area contributed by atoms with Crippen molar-refractivity contribution in [3.05, 3.63) is 90.0 Å². The number of piperidine rings is 1. The largest absolute Gasteiger partial charge is 0.364 e. The maximum absolute atomic E-state index is 13.0. The number of amides is 3. The van der Waals surface area contributed by atoms with E-state index in [-0.39, 0.29) is 23.2 Å². The molecule has 1 aliphatic heterocycles. The summed E-state index contributed by atoms with van der Waals surface area (Å²) in [6.07, 6.45) is 3.98. The number of anilines is 1. The van der Waals surface area contributed by atoms with Crippen LogP contribution in [-0.2, 0) is 4.79 Å². The average molecular weight is 548 g/mol. The van der Waals surface area contributed by atoms with Crippen LogP contribution in [0.1, 0.15) is 58.9 Å².